The van der Waals surface area contributed by atoms with Crippen LogP contribution in [0, 0.1) is 25.7 Å². The second-order valence-electron chi connectivity index (χ2n) is 15.3. The SMILES string of the molecule is COc1nc(OCc2cccc(-c3cccc(COc4nc(OC)c(CN[C@@H]5CCCC[C@@H]5C(C)=O)cc4Cl)c3C)c2C)c(Cl)cc1CN[C@H]1CCCC[C@H]1C(=O)O. The van der Waals surface area contributed by atoms with Crippen LogP contribution in [-0.2, 0) is 35.9 Å². The minimum Gasteiger partial charge on any atom is -0.481 e. The summed E-state index contributed by atoms with van der Waals surface area (Å²) >= 11 is 13.4. The van der Waals surface area contributed by atoms with Gasteiger partial charge in [0.15, 0.2) is 0 Å². The summed E-state index contributed by atoms with van der Waals surface area (Å²) in [5.74, 6) is 0.387. The molecule has 0 saturated heterocycles. The molecule has 0 spiro atoms. The van der Waals surface area contributed by atoms with Crippen molar-refractivity contribution < 1.29 is 33.6 Å². The zero-order valence-electron chi connectivity index (χ0n) is 34.0. The van der Waals surface area contributed by atoms with E-state index in [0.717, 1.165) is 89.5 Å². The van der Waals surface area contributed by atoms with Crippen molar-refractivity contribution in [3.8, 4) is 34.6 Å². The number of benzene rings is 2. The average Bonchev–Trinajstić information content (AvgIpc) is 3.22. The van der Waals surface area contributed by atoms with Gasteiger partial charge in [0, 0.05) is 42.2 Å². The number of nitrogens with zero attached hydrogens (tertiary/aromatic N) is 2. The Morgan fingerprint density at radius 2 is 1.10 bits per heavy atom. The molecule has 0 radical (unpaired) electrons. The van der Waals surface area contributed by atoms with E-state index in [9.17, 15) is 14.7 Å². The molecule has 13 heteroatoms. The smallest absolute Gasteiger partial charge is 0.308 e. The zero-order chi connectivity index (χ0) is 41.3. The van der Waals surface area contributed by atoms with Crippen LogP contribution in [0.15, 0.2) is 48.5 Å². The molecule has 310 valence electrons. The Bertz CT molecular complexity index is 1950. The summed E-state index contributed by atoms with van der Waals surface area (Å²) in [6.45, 7) is 7.15. The van der Waals surface area contributed by atoms with E-state index in [0.29, 0.717) is 41.3 Å². The van der Waals surface area contributed by atoms with Gasteiger partial charge in [0.05, 0.1) is 20.1 Å². The normalized spacial score (nSPS) is 19.4. The minimum atomic E-state index is -0.771. The number of carboxylic acids is 1. The lowest BCUT2D eigenvalue weighted by Crippen LogP contribution is -2.41. The molecule has 2 aromatic heterocycles. The molecule has 0 aliphatic heterocycles. The van der Waals surface area contributed by atoms with Gasteiger partial charge in [0.25, 0.3) is 0 Å². The van der Waals surface area contributed by atoms with Gasteiger partial charge in [-0.1, -0.05) is 85.3 Å². The summed E-state index contributed by atoms with van der Waals surface area (Å²) in [6.07, 6.45) is 7.44. The number of rotatable bonds is 17. The second-order valence-corrected chi connectivity index (χ2v) is 16.2. The lowest BCUT2D eigenvalue weighted by Gasteiger charge is -2.30. The molecule has 58 heavy (non-hydrogen) atoms. The van der Waals surface area contributed by atoms with Crippen molar-refractivity contribution >= 4 is 35.0 Å². The molecule has 2 aromatic carbocycles. The van der Waals surface area contributed by atoms with Crippen LogP contribution < -0.4 is 29.6 Å². The van der Waals surface area contributed by atoms with Crippen molar-refractivity contribution in [2.75, 3.05) is 14.2 Å². The van der Waals surface area contributed by atoms with Crippen LogP contribution in [0.25, 0.3) is 11.1 Å². The van der Waals surface area contributed by atoms with Gasteiger partial charge >= 0.3 is 5.97 Å². The predicted octanol–water partition coefficient (Wildman–Crippen LogP) is 9.21. The number of carboxylic acid groups (broad SMARTS) is 1. The van der Waals surface area contributed by atoms with Crippen LogP contribution in [0.2, 0.25) is 10.0 Å². The van der Waals surface area contributed by atoms with E-state index in [1.807, 2.05) is 30.3 Å². The fourth-order valence-corrected chi connectivity index (χ4v) is 8.82. The third-order valence-electron chi connectivity index (χ3n) is 11.7. The number of aromatic nitrogens is 2. The highest BCUT2D eigenvalue weighted by Crippen LogP contribution is 2.35. The second kappa shape index (κ2) is 20.0. The molecule has 4 atom stereocenters. The number of halogens is 2. The first-order valence-corrected chi connectivity index (χ1v) is 20.8. The molecule has 2 saturated carbocycles. The molecule has 11 nitrogen and oxygen atoms in total. The molecule has 0 amide bonds. The first-order valence-electron chi connectivity index (χ1n) is 20.1. The van der Waals surface area contributed by atoms with Crippen LogP contribution in [0.5, 0.6) is 23.5 Å². The fraction of sp³-hybridized carbons (Fsp3) is 0.467. The number of pyridine rings is 2. The highest BCUT2D eigenvalue weighted by molar-refractivity contribution is 6.32. The first-order chi connectivity index (χ1) is 28.0. The Morgan fingerprint density at radius 1 is 0.672 bits per heavy atom. The third kappa shape index (κ3) is 10.2. The molecular formula is C45H54Cl2N4O7. The number of ether oxygens (including phenoxy) is 4. The van der Waals surface area contributed by atoms with E-state index in [1.54, 1.807) is 27.2 Å². The van der Waals surface area contributed by atoms with Gasteiger partial charge < -0.3 is 34.7 Å². The Hall–Kier alpha value is -4.42. The number of ketones is 1. The predicted molar refractivity (Wildman–Crippen MR) is 225 cm³/mol. The number of methoxy groups -OCH3 is 2. The summed E-state index contributed by atoms with van der Waals surface area (Å²) in [5.41, 5.74) is 7.70. The third-order valence-corrected chi connectivity index (χ3v) is 12.3. The highest BCUT2D eigenvalue weighted by Gasteiger charge is 2.31. The number of carbonyl (C=O) groups excluding carboxylic acids is 1. The molecular weight excluding hydrogens is 779 g/mol. The van der Waals surface area contributed by atoms with Gasteiger partial charge in [-0.3, -0.25) is 9.59 Å². The van der Waals surface area contributed by atoms with E-state index in [2.05, 4.69) is 46.6 Å². The van der Waals surface area contributed by atoms with Crippen molar-refractivity contribution in [1.29, 1.82) is 0 Å². The average molecular weight is 834 g/mol. The number of aliphatic carboxylic acids is 1. The number of Topliss-reactive ketones (excluding diaryl/α,β-unsaturated/α-hetero) is 1. The molecule has 2 fully saturated rings. The number of hydrogen-bond acceptors (Lipinski definition) is 10. The molecule has 6 rings (SSSR count). The van der Waals surface area contributed by atoms with Gasteiger partial charge in [0.2, 0.25) is 23.5 Å². The molecule has 2 aliphatic rings. The molecule has 0 bridgehead atoms. The minimum absolute atomic E-state index is 0.0205. The van der Waals surface area contributed by atoms with E-state index in [1.165, 1.54) is 0 Å². The van der Waals surface area contributed by atoms with Crippen LogP contribution in [0.3, 0.4) is 0 Å². The maximum atomic E-state index is 12.2. The van der Waals surface area contributed by atoms with E-state index in [4.69, 9.17) is 42.1 Å². The largest absolute Gasteiger partial charge is 0.481 e. The van der Waals surface area contributed by atoms with Crippen LogP contribution in [0.1, 0.15) is 91.7 Å². The Kier molecular flexibility index (Phi) is 14.9. The summed E-state index contributed by atoms with van der Waals surface area (Å²) < 4.78 is 23.6. The van der Waals surface area contributed by atoms with E-state index >= 15 is 0 Å². The van der Waals surface area contributed by atoms with Crippen LogP contribution in [-0.4, -0.2) is 53.1 Å². The number of hydrogen-bond donors (Lipinski definition) is 3. The van der Waals surface area contributed by atoms with Gasteiger partial charge in [0.1, 0.15) is 29.0 Å². The highest BCUT2D eigenvalue weighted by atomic mass is 35.5. The van der Waals surface area contributed by atoms with Crippen molar-refractivity contribution in [3.63, 3.8) is 0 Å². The Morgan fingerprint density at radius 3 is 1.53 bits per heavy atom. The maximum absolute atomic E-state index is 12.2. The monoisotopic (exact) mass is 832 g/mol. The van der Waals surface area contributed by atoms with E-state index in [-0.39, 0.29) is 48.8 Å². The number of nitrogens with one attached hydrogen (secondary N) is 2. The van der Waals surface area contributed by atoms with Gasteiger partial charge in [-0.2, -0.15) is 9.97 Å². The number of carbonyl (C=O) groups is 2. The summed E-state index contributed by atoms with van der Waals surface area (Å²) in [6, 6.07) is 15.8. The van der Waals surface area contributed by atoms with Gasteiger partial charge in [-0.15, -0.1) is 0 Å². The van der Waals surface area contributed by atoms with Crippen LogP contribution >= 0.6 is 23.2 Å². The molecule has 4 aromatic rings. The fourth-order valence-electron chi connectivity index (χ4n) is 8.37. The lowest BCUT2D eigenvalue weighted by molar-refractivity contribution is -0.143. The van der Waals surface area contributed by atoms with Crippen molar-refractivity contribution in [3.05, 3.63) is 92.0 Å². The van der Waals surface area contributed by atoms with E-state index < -0.39 is 11.9 Å². The van der Waals surface area contributed by atoms with Gasteiger partial charge in [-0.25, -0.2) is 0 Å². The molecule has 2 aliphatic carbocycles. The quantitative estimate of drug-likeness (QED) is 0.0938. The summed E-state index contributed by atoms with van der Waals surface area (Å²) in [5, 5.41) is 17.3. The van der Waals surface area contributed by atoms with Crippen molar-refractivity contribution in [2.45, 2.75) is 111 Å². The van der Waals surface area contributed by atoms with Crippen molar-refractivity contribution in [1.82, 2.24) is 20.6 Å². The Balaban J connectivity index is 1.11. The zero-order valence-corrected chi connectivity index (χ0v) is 35.5. The molecule has 0 unspecified atom stereocenters. The van der Waals surface area contributed by atoms with Gasteiger partial charge in [-0.05, 0) is 92.0 Å². The summed E-state index contributed by atoms with van der Waals surface area (Å²) in [4.78, 5) is 33.2. The maximum Gasteiger partial charge on any atom is 0.308 e. The first kappa shape index (κ1) is 43.2. The topological polar surface area (TPSA) is 141 Å². The Labute approximate surface area is 351 Å². The van der Waals surface area contributed by atoms with Crippen LogP contribution in [0.4, 0.5) is 0 Å². The summed E-state index contributed by atoms with van der Waals surface area (Å²) in [7, 11) is 3.12. The standard InChI is InChI=1S/C45H54Cl2N4O7/c1-26-29(24-57-43-37(46)20-31(41(50-43)55-4)22-48-39-18-8-6-14-35(39)28(3)52)12-10-16-33(26)34-17-11-13-30(27(34)2)25-58-44-38(47)21-32(42(51-44)56-5)23-49-40-19-9-7-15-36(40)45(53)54/h10-13,16-17,20-21,35-36,39-40,48-49H,6-9,14-15,18-19,22-25H2,1-5H3,(H,53,54)/t35-,36-,39-,40+/m1/s1. The molecule has 3 N–H and O–H groups in total. The molecule has 2 heterocycles. The lowest BCUT2D eigenvalue weighted by atomic mass is 9.82. The van der Waals surface area contributed by atoms with Crippen molar-refractivity contribution in [2.24, 2.45) is 11.8 Å².